The number of benzene rings is 1. The summed E-state index contributed by atoms with van der Waals surface area (Å²) in [6.45, 7) is 2.82. The van der Waals surface area contributed by atoms with Gasteiger partial charge in [-0.2, -0.15) is 0 Å². The van der Waals surface area contributed by atoms with Gasteiger partial charge in [-0.25, -0.2) is 0 Å². The van der Waals surface area contributed by atoms with Crippen LogP contribution >= 0.6 is 0 Å². The lowest BCUT2D eigenvalue weighted by Gasteiger charge is -2.09. The number of ether oxygens (including phenoxy) is 2. The van der Waals surface area contributed by atoms with E-state index in [0.29, 0.717) is 23.7 Å². The van der Waals surface area contributed by atoms with Gasteiger partial charge in [0.1, 0.15) is 11.5 Å². The number of carbonyl (C=O) groups is 1. The Balaban J connectivity index is 2.52. The summed E-state index contributed by atoms with van der Waals surface area (Å²) in [5.41, 5.74) is 0.571. The van der Waals surface area contributed by atoms with E-state index < -0.39 is 0 Å². The molecule has 0 fully saturated rings. The minimum atomic E-state index is 0.571. The molecule has 1 rings (SSSR count). The molecule has 94 valence electrons. The summed E-state index contributed by atoms with van der Waals surface area (Å²) in [4.78, 5) is 10.8. The van der Waals surface area contributed by atoms with Crippen LogP contribution in [0.25, 0.3) is 0 Å². The number of methoxy groups -OCH3 is 1. The molecule has 0 heterocycles. The Morgan fingerprint density at radius 2 is 2.06 bits per heavy atom. The fourth-order valence-electron chi connectivity index (χ4n) is 1.57. The molecule has 0 unspecified atom stereocenters. The predicted octanol–water partition coefficient (Wildman–Crippen LogP) is 3.47. The maximum Gasteiger partial charge on any atom is 0.153 e. The Kier molecular flexibility index (Phi) is 6.15. The Bertz CT molecular complexity index is 347. The molecule has 0 N–H and O–H groups in total. The van der Waals surface area contributed by atoms with E-state index in [1.54, 1.807) is 25.3 Å². The van der Waals surface area contributed by atoms with Gasteiger partial charge in [-0.1, -0.05) is 26.2 Å². The van der Waals surface area contributed by atoms with Crippen molar-refractivity contribution in [1.82, 2.24) is 0 Å². The lowest BCUT2D eigenvalue weighted by molar-refractivity contribution is 0.111. The molecule has 3 heteroatoms. The Morgan fingerprint density at radius 1 is 1.24 bits per heavy atom. The molecule has 1 aromatic rings. The second-order valence-electron chi connectivity index (χ2n) is 3.93. The molecule has 0 aliphatic heterocycles. The Morgan fingerprint density at radius 3 is 2.71 bits per heavy atom. The molecule has 17 heavy (non-hydrogen) atoms. The van der Waals surface area contributed by atoms with Gasteiger partial charge >= 0.3 is 0 Å². The van der Waals surface area contributed by atoms with E-state index in [1.807, 2.05) is 0 Å². The van der Waals surface area contributed by atoms with Crippen molar-refractivity contribution in [2.45, 2.75) is 32.6 Å². The van der Waals surface area contributed by atoms with Crippen molar-refractivity contribution >= 4 is 6.29 Å². The van der Waals surface area contributed by atoms with Crippen molar-refractivity contribution in [1.29, 1.82) is 0 Å². The second-order valence-corrected chi connectivity index (χ2v) is 3.93. The summed E-state index contributed by atoms with van der Waals surface area (Å²) in [6.07, 6.45) is 5.42. The molecule has 0 saturated carbocycles. The largest absolute Gasteiger partial charge is 0.497 e. The molecule has 0 amide bonds. The van der Waals surface area contributed by atoms with Gasteiger partial charge in [0.25, 0.3) is 0 Å². The van der Waals surface area contributed by atoms with Crippen molar-refractivity contribution in [3.05, 3.63) is 23.8 Å². The molecule has 0 aliphatic rings. The molecular formula is C14H20O3. The molecule has 0 aliphatic carbocycles. The van der Waals surface area contributed by atoms with Gasteiger partial charge < -0.3 is 9.47 Å². The third-order valence-corrected chi connectivity index (χ3v) is 2.60. The van der Waals surface area contributed by atoms with Crippen molar-refractivity contribution < 1.29 is 14.3 Å². The summed E-state index contributed by atoms with van der Waals surface area (Å²) in [5, 5.41) is 0. The lowest BCUT2D eigenvalue weighted by Crippen LogP contribution is -2.00. The summed E-state index contributed by atoms with van der Waals surface area (Å²) >= 11 is 0. The number of rotatable bonds is 8. The highest BCUT2D eigenvalue weighted by Gasteiger charge is 2.04. The highest BCUT2D eigenvalue weighted by atomic mass is 16.5. The van der Waals surface area contributed by atoms with Crippen LogP contribution in [0.2, 0.25) is 0 Å². The first-order valence-corrected chi connectivity index (χ1v) is 6.07. The highest BCUT2D eigenvalue weighted by Crippen LogP contribution is 2.23. The van der Waals surface area contributed by atoms with Crippen LogP contribution in [0.15, 0.2) is 18.2 Å². The second kappa shape index (κ2) is 7.71. The molecule has 0 bridgehead atoms. The van der Waals surface area contributed by atoms with Crippen LogP contribution in [0.4, 0.5) is 0 Å². The van der Waals surface area contributed by atoms with Gasteiger partial charge in [0, 0.05) is 6.07 Å². The molecule has 0 radical (unpaired) electrons. The van der Waals surface area contributed by atoms with E-state index in [9.17, 15) is 4.79 Å². The molecule has 0 atom stereocenters. The minimum Gasteiger partial charge on any atom is -0.497 e. The van der Waals surface area contributed by atoms with Gasteiger partial charge in [0.05, 0.1) is 19.3 Å². The third kappa shape index (κ3) is 4.47. The first-order chi connectivity index (χ1) is 8.31. The average Bonchev–Trinajstić information content (AvgIpc) is 2.38. The zero-order valence-electron chi connectivity index (χ0n) is 10.6. The normalized spacial score (nSPS) is 10.0. The molecule has 1 aromatic carbocycles. The first kappa shape index (κ1) is 13.6. The molecular weight excluding hydrogens is 216 g/mol. The van der Waals surface area contributed by atoms with Crippen molar-refractivity contribution in [3.63, 3.8) is 0 Å². The molecule has 0 aromatic heterocycles. The fraction of sp³-hybridized carbons (Fsp3) is 0.500. The summed E-state index contributed by atoms with van der Waals surface area (Å²) < 4.78 is 10.7. The van der Waals surface area contributed by atoms with Crippen molar-refractivity contribution in [2.75, 3.05) is 13.7 Å². The van der Waals surface area contributed by atoms with Gasteiger partial charge in [0.2, 0.25) is 0 Å². The van der Waals surface area contributed by atoms with Crippen LogP contribution in [-0.2, 0) is 0 Å². The molecule has 0 spiro atoms. The predicted molar refractivity (Wildman–Crippen MR) is 68.0 cm³/mol. The van der Waals surface area contributed by atoms with E-state index >= 15 is 0 Å². The zero-order valence-corrected chi connectivity index (χ0v) is 10.6. The van der Waals surface area contributed by atoms with E-state index in [4.69, 9.17) is 9.47 Å². The van der Waals surface area contributed by atoms with E-state index in [-0.39, 0.29) is 0 Å². The number of aldehydes is 1. The topological polar surface area (TPSA) is 35.5 Å². The van der Waals surface area contributed by atoms with Crippen LogP contribution in [0.3, 0.4) is 0 Å². The van der Waals surface area contributed by atoms with Gasteiger partial charge in [-0.3, -0.25) is 4.79 Å². The van der Waals surface area contributed by atoms with E-state index in [1.165, 1.54) is 12.8 Å². The van der Waals surface area contributed by atoms with Crippen LogP contribution in [0.5, 0.6) is 11.5 Å². The number of hydrogen-bond donors (Lipinski definition) is 0. The highest BCUT2D eigenvalue weighted by molar-refractivity contribution is 5.79. The summed E-state index contributed by atoms with van der Waals surface area (Å²) in [5.74, 6) is 1.31. The van der Waals surface area contributed by atoms with Gasteiger partial charge in [0.15, 0.2) is 6.29 Å². The SMILES string of the molecule is CCCCCCOc1cc(OC)ccc1C=O. The van der Waals surface area contributed by atoms with Crippen LogP contribution < -0.4 is 9.47 Å². The smallest absolute Gasteiger partial charge is 0.153 e. The van der Waals surface area contributed by atoms with Crippen molar-refractivity contribution in [3.8, 4) is 11.5 Å². The van der Waals surface area contributed by atoms with E-state index in [0.717, 1.165) is 19.1 Å². The maximum atomic E-state index is 10.8. The fourth-order valence-corrected chi connectivity index (χ4v) is 1.57. The molecule has 3 nitrogen and oxygen atoms in total. The van der Waals surface area contributed by atoms with Crippen LogP contribution in [0, 0.1) is 0 Å². The zero-order chi connectivity index (χ0) is 12.5. The number of carbonyl (C=O) groups excluding carboxylic acids is 1. The average molecular weight is 236 g/mol. The molecule has 0 saturated heterocycles. The maximum absolute atomic E-state index is 10.8. The van der Waals surface area contributed by atoms with Gasteiger partial charge in [-0.05, 0) is 18.6 Å². The third-order valence-electron chi connectivity index (χ3n) is 2.60. The minimum absolute atomic E-state index is 0.571. The van der Waals surface area contributed by atoms with Crippen LogP contribution in [-0.4, -0.2) is 20.0 Å². The quantitative estimate of drug-likeness (QED) is 0.512. The Hall–Kier alpha value is -1.51. The number of unbranched alkanes of at least 4 members (excludes halogenated alkanes) is 3. The van der Waals surface area contributed by atoms with Gasteiger partial charge in [-0.15, -0.1) is 0 Å². The van der Waals surface area contributed by atoms with Crippen molar-refractivity contribution in [2.24, 2.45) is 0 Å². The van der Waals surface area contributed by atoms with Crippen LogP contribution in [0.1, 0.15) is 43.0 Å². The summed E-state index contributed by atoms with van der Waals surface area (Å²) in [6, 6.07) is 5.23. The Labute approximate surface area is 103 Å². The monoisotopic (exact) mass is 236 g/mol. The summed E-state index contributed by atoms with van der Waals surface area (Å²) in [7, 11) is 1.60. The number of hydrogen-bond acceptors (Lipinski definition) is 3. The lowest BCUT2D eigenvalue weighted by atomic mass is 10.2. The standard InChI is InChI=1S/C14H20O3/c1-3-4-5-6-9-17-14-10-13(16-2)8-7-12(14)11-15/h7-8,10-11H,3-6,9H2,1-2H3. The van der Waals surface area contributed by atoms with E-state index in [2.05, 4.69) is 6.92 Å². The first-order valence-electron chi connectivity index (χ1n) is 6.07.